The lowest BCUT2D eigenvalue weighted by Gasteiger charge is -1.95. The molecule has 0 saturated heterocycles. The summed E-state index contributed by atoms with van der Waals surface area (Å²) in [6.45, 7) is 2.11. The van der Waals surface area contributed by atoms with E-state index < -0.39 is 0 Å². The van der Waals surface area contributed by atoms with Crippen molar-refractivity contribution in [2.24, 2.45) is 0 Å². The van der Waals surface area contributed by atoms with E-state index >= 15 is 0 Å². The maximum atomic E-state index is 5.73. The fourth-order valence-electron chi connectivity index (χ4n) is 1.96. The molecule has 0 aliphatic carbocycles. The van der Waals surface area contributed by atoms with Gasteiger partial charge in [-0.15, -0.1) is 0 Å². The summed E-state index contributed by atoms with van der Waals surface area (Å²) in [6.07, 6.45) is 0.949. The number of aryl methyl sites for hydroxylation is 1. The second-order valence-electron chi connectivity index (χ2n) is 3.80. The fraction of sp³-hybridized carbons (Fsp3) is 0.143. The van der Waals surface area contributed by atoms with Gasteiger partial charge in [0.2, 0.25) is 0 Å². The first kappa shape index (κ1) is 8.54. The Bertz CT molecular complexity index is 567. The first-order chi connectivity index (χ1) is 7.36. The SMILES string of the molecule is CCc1cc2cc3ccccc3cc2o1. The van der Waals surface area contributed by atoms with E-state index in [4.69, 9.17) is 4.42 Å². The topological polar surface area (TPSA) is 13.1 Å². The third kappa shape index (κ3) is 1.32. The van der Waals surface area contributed by atoms with E-state index in [2.05, 4.69) is 49.4 Å². The molecule has 1 nitrogen and oxygen atoms in total. The molecule has 3 aromatic rings. The van der Waals surface area contributed by atoms with Crippen LogP contribution in [0.5, 0.6) is 0 Å². The van der Waals surface area contributed by atoms with Gasteiger partial charge in [-0.1, -0.05) is 31.2 Å². The molecule has 0 aliphatic heterocycles. The molecule has 0 unspecified atom stereocenters. The Morgan fingerprint density at radius 1 is 0.933 bits per heavy atom. The number of hydrogen-bond donors (Lipinski definition) is 0. The van der Waals surface area contributed by atoms with Crippen molar-refractivity contribution in [3.05, 3.63) is 48.2 Å². The summed E-state index contributed by atoms with van der Waals surface area (Å²) in [7, 11) is 0. The molecule has 0 amide bonds. The zero-order valence-corrected chi connectivity index (χ0v) is 8.66. The minimum absolute atomic E-state index is 0.949. The van der Waals surface area contributed by atoms with Gasteiger partial charge < -0.3 is 4.42 Å². The van der Waals surface area contributed by atoms with Gasteiger partial charge in [0.25, 0.3) is 0 Å². The smallest absolute Gasteiger partial charge is 0.134 e. The van der Waals surface area contributed by atoms with Crippen LogP contribution in [0, 0.1) is 0 Å². The van der Waals surface area contributed by atoms with Crippen molar-refractivity contribution in [2.75, 3.05) is 0 Å². The van der Waals surface area contributed by atoms with E-state index in [0.29, 0.717) is 0 Å². The molecular formula is C14H12O. The predicted octanol–water partition coefficient (Wildman–Crippen LogP) is 4.15. The predicted molar refractivity (Wildman–Crippen MR) is 63.1 cm³/mol. The number of benzene rings is 2. The minimum Gasteiger partial charge on any atom is -0.461 e. The molecule has 0 spiro atoms. The standard InChI is InChI=1S/C14H12O/c1-2-13-8-12-7-10-5-3-4-6-11(10)9-14(12)15-13/h3-9H,2H2,1H3. The van der Waals surface area contributed by atoms with E-state index in [1.165, 1.54) is 16.2 Å². The van der Waals surface area contributed by atoms with E-state index in [-0.39, 0.29) is 0 Å². The summed E-state index contributed by atoms with van der Waals surface area (Å²) in [6, 6.07) is 14.8. The van der Waals surface area contributed by atoms with Gasteiger partial charge in [-0.25, -0.2) is 0 Å². The highest BCUT2D eigenvalue weighted by Crippen LogP contribution is 2.25. The monoisotopic (exact) mass is 196 g/mol. The van der Waals surface area contributed by atoms with Crippen LogP contribution in [0.15, 0.2) is 46.9 Å². The Hall–Kier alpha value is -1.76. The average Bonchev–Trinajstić information content (AvgIpc) is 2.67. The fourth-order valence-corrected chi connectivity index (χ4v) is 1.96. The molecule has 0 bridgehead atoms. The van der Waals surface area contributed by atoms with Crippen LogP contribution in [0.1, 0.15) is 12.7 Å². The zero-order valence-electron chi connectivity index (χ0n) is 8.66. The number of furan rings is 1. The highest BCUT2D eigenvalue weighted by atomic mass is 16.3. The molecule has 0 saturated carbocycles. The van der Waals surface area contributed by atoms with Crippen molar-refractivity contribution in [3.8, 4) is 0 Å². The van der Waals surface area contributed by atoms with E-state index in [9.17, 15) is 0 Å². The van der Waals surface area contributed by atoms with Crippen molar-refractivity contribution < 1.29 is 4.42 Å². The van der Waals surface area contributed by atoms with Gasteiger partial charge in [-0.2, -0.15) is 0 Å². The molecule has 2 aromatic carbocycles. The van der Waals surface area contributed by atoms with Gasteiger partial charge in [0.15, 0.2) is 0 Å². The molecule has 15 heavy (non-hydrogen) atoms. The normalized spacial score (nSPS) is 11.3. The molecule has 1 aromatic heterocycles. The summed E-state index contributed by atoms with van der Waals surface area (Å²) in [5.74, 6) is 1.06. The Balaban J connectivity index is 2.39. The molecule has 74 valence electrons. The number of fused-ring (bicyclic) bond motifs is 2. The summed E-state index contributed by atoms with van der Waals surface area (Å²) in [4.78, 5) is 0. The Labute approximate surface area is 88.3 Å². The van der Waals surface area contributed by atoms with Gasteiger partial charge in [0, 0.05) is 11.8 Å². The lowest BCUT2D eigenvalue weighted by molar-refractivity contribution is 0.557. The lowest BCUT2D eigenvalue weighted by Crippen LogP contribution is -1.70. The van der Waals surface area contributed by atoms with E-state index in [0.717, 1.165) is 17.8 Å². The van der Waals surface area contributed by atoms with Gasteiger partial charge in [0.1, 0.15) is 11.3 Å². The van der Waals surface area contributed by atoms with Gasteiger partial charge >= 0.3 is 0 Å². The van der Waals surface area contributed by atoms with Crippen LogP contribution >= 0.6 is 0 Å². The van der Waals surface area contributed by atoms with Gasteiger partial charge in [-0.05, 0) is 29.0 Å². The molecule has 1 heterocycles. The Kier molecular flexibility index (Phi) is 1.78. The zero-order chi connectivity index (χ0) is 10.3. The lowest BCUT2D eigenvalue weighted by atomic mass is 10.1. The maximum Gasteiger partial charge on any atom is 0.134 e. The molecule has 0 atom stereocenters. The highest BCUT2D eigenvalue weighted by molar-refractivity contribution is 5.96. The van der Waals surface area contributed by atoms with Crippen molar-refractivity contribution in [2.45, 2.75) is 13.3 Å². The van der Waals surface area contributed by atoms with Crippen molar-refractivity contribution in [1.29, 1.82) is 0 Å². The molecule has 0 aliphatic rings. The van der Waals surface area contributed by atoms with Gasteiger partial charge in [0.05, 0.1) is 0 Å². The van der Waals surface area contributed by atoms with Crippen LogP contribution in [-0.4, -0.2) is 0 Å². The second-order valence-corrected chi connectivity index (χ2v) is 3.80. The van der Waals surface area contributed by atoms with Crippen LogP contribution in [-0.2, 0) is 6.42 Å². The summed E-state index contributed by atoms with van der Waals surface area (Å²) in [5.41, 5.74) is 0.991. The van der Waals surface area contributed by atoms with Crippen molar-refractivity contribution >= 4 is 21.7 Å². The minimum atomic E-state index is 0.949. The summed E-state index contributed by atoms with van der Waals surface area (Å²) >= 11 is 0. The molecule has 0 radical (unpaired) electrons. The largest absolute Gasteiger partial charge is 0.461 e. The van der Waals surface area contributed by atoms with E-state index in [1.807, 2.05) is 0 Å². The van der Waals surface area contributed by atoms with Crippen LogP contribution in [0.4, 0.5) is 0 Å². The third-order valence-electron chi connectivity index (χ3n) is 2.78. The van der Waals surface area contributed by atoms with Crippen LogP contribution in [0.3, 0.4) is 0 Å². The maximum absolute atomic E-state index is 5.73. The molecule has 0 fully saturated rings. The summed E-state index contributed by atoms with van der Waals surface area (Å²) < 4.78 is 5.73. The summed E-state index contributed by atoms with van der Waals surface area (Å²) in [5, 5.41) is 3.71. The van der Waals surface area contributed by atoms with Crippen molar-refractivity contribution in [1.82, 2.24) is 0 Å². The highest BCUT2D eigenvalue weighted by Gasteiger charge is 2.03. The first-order valence-electron chi connectivity index (χ1n) is 5.28. The van der Waals surface area contributed by atoms with Crippen LogP contribution < -0.4 is 0 Å². The molecule has 1 heteroatoms. The molecular weight excluding hydrogens is 184 g/mol. The quantitative estimate of drug-likeness (QED) is 0.570. The second kappa shape index (κ2) is 3.13. The number of rotatable bonds is 1. The Morgan fingerprint density at radius 3 is 2.40 bits per heavy atom. The van der Waals surface area contributed by atoms with E-state index in [1.54, 1.807) is 0 Å². The number of hydrogen-bond acceptors (Lipinski definition) is 1. The Morgan fingerprint density at radius 2 is 1.67 bits per heavy atom. The molecule has 0 N–H and O–H groups in total. The molecule has 3 rings (SSSR count). The average molecular weight is 196 g/mol. The van der Waals surface area contributed by atoms with Crippen LogP contribution in [0.2, 0.25) is 0 Å². The first-order valence-corrected chi connectivity index (χ1v) is 5.28. The van der Waals surface area contributed by atoms with Crippen molar-refractivity contribution in [3.63, 3.8) is 0 Å². The van der Waals surface area contributed by atoms with Crippen LogP contribution in [0.25, 0.3) is 21.7 Å². The van der Waals surface area contributed by atoms with Gasteiger partial charge in [-0.3, -0.25) is 0 Å². The third-order valence-corrected chi connectivity index (χ3v) is 2.78.